The number of rotatable bonds is 5. The summed E-state index contributed by atoms with van der Waals surface area (Å²) in [7, 11) is 2.14. The van der Waals surface area contributed by atoms with Crippen LogP contribution in [0.2, 0.25) is 0 Å². The van der Waals surface area contributed by atoms with Crippen LogP contribution in [0.1, 0.15) is 41.9 Å². The summed E-state index contributed by atoms with van der Waals surface area (Å²) in [6.07, 6.45) is 3.69. The maximum absolute atomic E-state index is 4.92. The van der Waals surface area contributed by atoms with Crippen LogP contribution in [0, 0.1) is 0 Å². The van der Waals surface area contributed by atoms with Gasteiger partial charge >= 0.3 is 0 Å². The largest absolute Gasteiger partial charge is 0.347 e. The van der Waals surface area contributed by atoms with Gasteiger partial charge in [0.05, 0.1) is 11.7 Å². The molecule has 0 bridgehead atoms. The summed E-state index contributed by atoms with van der Waals surface area (Å²) in [6.45, 7) is 4.13. The van der Waals surface area contributed by atoms with Crippen molar-refractivity contribution in [3.8, 4) is 0 Å². The molecule has 20 heavy (non-hydrogen) atoms. The molecular formula is C15H21N3S2. The summed E-state index contributed by atoms with van der Waals surface area (Å²) in [6, 6.07) is 2.65. The molecule has 0 aromatic carbocycles. The molecule has 1 N–H and O–H groups in total. The number of hydrogen-bond donors (Lipinski definition) is 1. The highest BCUT2D eigenvalue weighted by atomic mass is 32.1. The fraction of sp³-hybridized carbons (Fsp3) is 0.533. The van der Waals surface area contributed by atoms with E-state index in [2.05, 4.69) is 41.0 Å². The second-order valence-corrected chi connectivity index (χ2v) is 7.14. The lowest BCUT2D eigenvalue weighted by Gasteiger charge is -2.21. The molecule has 0 saturated carbocycles. The van der Waals surface area contributed by atoms with E-state index < -0.39 is 0 Å². The average molecular weight is 307 g/mol. The zero-order valence-electron chi connectivity index (χ0n) is 12.1. The third-order valence-corrected chi connectivity index (χ3v) is 5.70. The molecule has 5 heteroatoms. The van der Waals surface area contributed by atoms with Gasteiger partial charge in [0.25, 0.3) is 0 Å². The Morgan fingerprint density at radius 3 is 3.15 bits per heavy atom. The van der Waals surface area contributed by atoms with Crippen molar-refractivity contribution in [2.45, 2.75) is 38.8 Å². The van der Waals surface area contributed by atoms with Crippen molar-refractivity contribution in [1.82, 2.24) is 10.3 Å². The van der Waals surface area contributed by atoms with Crippen LogP contribution < -0.4 is 10.2 Å². The molecule has 3 rings (SSSR count). The van der Waals surface area contributed by atoms with Gasteiger partial charge in [0, 0.05) is 18.5 Å². The molecule has 2 heterocycles. The quantitative estimate of drug-likeness (QED) is 0.910. The maximum atomic E-state index is 4.92. The number of fused-ring (bicyclic) bond motifs is 1. The number of thiophene rings is 1. The molecule has 0 aliphatic heterocycles. The lowest BCUT2D eigenvalue weighted by molar-refractivity contribution is 0.465. The lowest BCUT2D eigenvalue weighted by atomic mass is 9.98. The first-order valence-corrected chi connectivity index (χ1v) is 8.99. The molecule has 0 spiro atoms. The van der Waals surface area contributed by atoms with Crippen molar-refractivity contribution in [3.63, 3.8) is 0 Å². The Labute approximate surface area is 128 Å². The molecule has 0 saturated heterocycles. The van der Waals surface area contributed by atoms with Gasteiger partial charge < -0.3 is 10.2 Å². The third-order valence-electron chi connectivity index (χ3n) is 3.72. The first-order chi connectivity index (χ1) is 9.78. The molecule has 0 radical (unpaired) electrons. The van der Waals surface area contributed by atoms with Gasteiger partial charge in [-0.1, -0.05) is 6.92 Å². The van der Waals surface area contributed by atoms with E-state index in [1.165, 1.54) is 35.4 Å². The van der Waals surface area contributed by atoms with Crippen LogP contribution in [0.15, 0.2) is 16.8 Å². The summed E-state index contributed by atoms with van der Waals surface area (Å²) in [4.78, 5) is 8.67. The van der Waals surface area contributed by atoms with Crippen LogP contribution in [-0.4, -0.2) is 18.6 Å². The van der Waals surface area contributed by atoms with Gasteiger partial charge in [-0.3, -0.25) is 0 Å². The Kier molecular flexibility index (Phi) is 4.38. The highest BCUT2D eigenvalue weighted by Gasteiger charge is 2.24. The average Bonchev–Trinajstić information content (AvgIpc) is 3.08. The van der Waals surface area contributed by atoms with E-state index in [0.29, 0.717) is 6.04 Å². The Hall–Kier alpha value is -0.910. The summed E-state index contributed by atoms with van der Waals surface area (Å²) < 4.78 is 0. The van der Waals surface area contributed by atoms with E-state index in [1.54, 1.807) is 11.3 Å². The number of aromatic nitrogens is 1. The molecule has 2 aromatic heterocycles. The molecule has 1 unspecified atom stereocenters. The van der Waals surface area contributed by atoms with E-state index >= 15 is 0 Å². The maximum Gasteiger partial charge on any atom is 0.185 e. The molecule has 108 valence electrons. The number of thiazole rings is 1. The van der Waals surface area contributed by atoms with E-state index in [0.717, 1.165) is 18.2 Å². The van der Waals surface area contributed by atoms with E-state index in [-0.39, 0.29) is 0 Å². The Bertz CT molecular complexity index is 547. The smallest absolute Gasteiger partial charge is 0.185 e. The van der Waals surface area contributed by atoms with Crippen molar-refractivity contribution in [2.24, 2.45) is 0 Å². The minimum absolute atomic E-state index is 0.461. The van der Waals surface area contributed by atoms with E-state index in [1.807, 2.05) is 11.3 Å². The van der Waals surface area contributed by atoms with Gasteiger partial charge in [-0.05, 0) is 48.2 Å². The number of hydrogen-bond acceptors (Lipinski definition) is 5. The predicted octanol–water partition coefficient (Wildman–Crippen LogP) is 3.83. The molecule has 1 atom stereocenters. The number of nitrogens with zero attached hydrogens (tertiary/aromatic N) is 2. The van der Waals surface area contributed by atoms with Gasteiger partial charge in [0.15, 0.2) is 5.13 Å². The molecule has 0 amide bonds. The highest BCUT2D eigenvalue weighted by Crippen LogP contribution is 2.36. The van der Waals surface area contributed by atoms with Gasteiger partial charge in [-0.15, -0.1) is 11.3 Å². The predicted molar refractivity (Wildman–Crippen MR) is 87.9 cm³/mol. The van der Waals surface area contributed by atoms with Crippen LogP contribution in [0.5, 0.6) is 0 Å². The van der Waals surface area contributed by atoms with E-state index in [9.17, 15) is 0 Å². The minimum atomic E-state index is 0.461. The van der Waals surface area contributed by atoms with Gasteiger partial charge in [-0.25, -0.2) is 4.98 Å². The van der Waals surface area contributed by atoms with Crippen molar-refractivity contribution in [1.29, 1.82) is 0 Å². The van der Waals surface area contributed by atoms with Gasteiger partial charge in [0.1, 0.15) is 0 Å². The number of nitrogens with one attached hydrogen (secondary N) is 1. The number of anilines is 1. The van der Waals surface area contributed by atoms with Crippen molar-refractivity contribution < 1.29 is 0 Å². The molecule has 0 fully saturated rings. The normalized spacial score (nSPS) is 18.0. The molecule has 1 aliphatic carbocycles. The van der Waals surface area contributed by atoms with Crippen molar-refractivity contribution in [2.75, 3.05) is 18.5 Å². The Morgan fingerprint density at radius 2 is 2.40 bits per heavy atom. The third kappa shape index (κ3) is 2.90. The first kappa shape index (κ1) is 14.0. The summed E-state index contributed by atoms with van der Waals surface area (Å²) in [5.41, 5.74) is 2.67. The molecule has 1 aliphatic rings. The SMILES string of the molecule is CCNC1CCCc2sc(N(C)Cc3ccsc3)nc21. The fourth-order valence-electron chi connectivity index (χ4n) is 2.74. The van der Waals surface area contributed by atoms with Crippen LogP contribution in [0.25, 0.3) is 0 Å². The zero-order valence-corrected chi connectivity index (χ0v) is 13.7. The van der Waals surface area contributed by atoms with Gasteiger partial charge in [-0.2, -0.15) is 11.3 Å². The van der Waals surface area contributed by atoms with Crippen LogP contribution in [-0.2, 0) is 13.0 Å². The number of aryl methyl sites for hydroxylation is 1. The Morgan fingerprint density at radius 1 is 1.50 bits per heavy atom. The van der Waals surface area contributed by atoms with Crippen molar-refractivity contribution >= 4 is 27.8 Å². The minimum Gasteiger partial charge on any atom is -0.347 e. The monoisotopic (exact) mass is 307 g/mol. The van der Waals surface area contributed by atoms with Crippen LogP contribution in [0.3, 0.4) is 0 Å². The Balaban J connectivity index is 1.78. The van der Waals surface area contributed by atoms with Crippen LogP contribution >= 0.6 is 22.7 Å². The standard InChI is InChI=1S/C15H21N3S2/c1-3-16-12-5-4-6-13-14(12)17-15(20-13)18(2)9-11-7-8-19-10-11/h7-8,10,12,16H,3-6,9H2,1-2H3. The van der Waals surface area contributed by atoms with E-state index in [4.69, 9.17) is 4.98 Å². The zero-order chi connectivity index (χ0) is 13.9. The summed E-state index contributed by atoms with van der Waals surface area (Å²) in [5.74, 6) is 0. The first-order valence-electron chi connectivity index (χ1n) is 7.23. The summed E-state index contributed by atoms with van der Waals surface area (Å²) >= 11 is 3.63. The molecular weight excluding hydrogens is 286 g/mol. The summed E-state index contributed by atoms with van der Waals surface area (Å²) in [5, 5.41) is 9.07. The molecule has 2 aromatic rings. The lowest BCUT2D eigenvalue weighted by Crippen LogP contribution is -2.24. The second kappa shape index (κ2) is 6.24. The van der Waals surface area contributed by atoms with Crippen molar-refractivity contribution in [3.05, 3.63) is 33.0 Å². The van der Waals surface area contributed by atoms with Gasteiger partial charge in [0.2, 0.25) is 0 Å². The molecule has 3 nitrogen and oxygen atoms in total. The topological polar surface area (TPSA) is 28.2 Å². The van der Waals surface area contributed by atoms with Crippen LogP contribution in [0.4, 0.5) is 5.13 Å². The highest BCUT2D eigenvalue weighted by molar-refractivity contribution is 7.15. The second-order valence-electron chi connectivity index (χ2n) is 5.30. The fourth-order valence-corrected chi connectivity index (χ4v) is 4.52.